The lowest BCUT2D eigenvalue weighted by molar-refractivity contribution is -0.137. The number of hydrogen-bond donors (Lipinski definition) is 3. The molecule has 9 nitrogen and oxygen atoms in total. The summed E-state index contributed by atoms with van der Waals surface area (Å²) < 4.78 is 44.0. The maximum absolute atomic E-state index is 12.9. The van der Waals surface area contributed by atoms with Crippen LogP contribution < -0.4 is 16.1 Å². The summed E-state index contributed by atoms with van der Waals surface area (Å²) in [6.45, 7) is 6.93. The van der Waals surface area contributed by atoms with Gasteiger partial charge in [-0.3, -0.25) is 9.88 Å². The van der Waals surface area contributed by atoms with Gasteiger partial charge in [-0.2, -0.15) is 23.3 Å². The third-order valence-electron chi connectivity index (χ3n) is 5.32. The Morgan fingerprint density at radius 2 is 1.92 bits per heavy atom. The second-order valence-electron chi connectivity index (χ2n) is 8.14. The summed E-state index contributed by atoms with van der Waals surface area (Å²) in [5, 5.41) is 10.4. The van der Waals surface area contributed by atoms with Gasteiger partial charge >= 0.3 is 6.18 Å². The first-order valence-corrected chi connectivity index (χ1v) is 11.4. The van der Waals surface area contributed by atoms with Gasteiger partial charge in [-0.25, -0.2) is 10.4 Å². The van der Waals surface area contributed by atoms with E-state index in [9.17, 15) is 13.2 Å². The van der Waals surface area contributed by atoms with Gasteiger partial charge in [0.15, 0.2) is 0 Å². The fourth-order valence-electron chi connectivity index (χ4n) is 3.53. The van der Waals surface area contributed by atoms with E-state index in [1.807, 2.05) is 13.0 Å². The van der Waals surface area contributed by atoms with Crippen LogP contribution in [0.3, 0.4) is 0 Å². The Balaban J connectivity index is 1.29. The molecule has 0 spiro atoms. The number of anilines is 4. The molecular weight excluding hydrogens is 473 g/mol. The third-order valence-corrected chi connectivity index (χ3v) is 5.32. The number of nitrogens with zero attached hydrogens (tertiary/aromatic N) is 5. The van der Waals surface area contributed by atoms with Gasteiger partial charge in [0, 0.05) is 43.6 Å². The lowest BCUT2D eigenvalue weighted by Crippen LogP contribution is -2.39. The topological polar surface area (TPSA) is 99.6 Å². The number of rotatable bonds is 9. The highest BCUT2D eigenvalue weighted by Crippen LogP contribution is 2.31. The Morgan fingerprint density at radius 1 is 1.08 bits per heavy atom. The van der Waals surface area contributed by atoms with Crippen LogP contribution in [-0.2, 0) is 10.9 Å². The molecule has 12 heteroatoms. The largest absolute Gasteiger partial charge is 0.416 e. The van der Waals surface area contributed by atoms with Crippen molar-refractivity contribution in [1.82, 2.24) is 19.9 Å². The molecule has 1 fully saturated rings. The first-order chi connectivity index (χ1) is 17.3. The van der Waals surface area contributed by atoms with Crippen LogP contribution in [0.25, 0.3) is 0 Å². The highest BCUT2D eigenvalue weighted by atomic mass is 19.4. The fourth-order valence-corrected chi connectivity index (χ4v) is 3.53. The van der Waals surface area contributed by atoms with Crippen LogP contribution in [0.2, 0.25) is 0 Å². The molecule has 3 heterocycles. The summed E-state index contributed by atoms with van der Waals surface area (Å²) in [4.78, 5) is 15.4. The summed E-state index contributed by atoms with van der Waals surface area (Å²) in [5.41, 5.74) is 4.30. The third kappa shape index (κ3) is 7.62. The van der Waals surface area contributed by atoms with Crippen molar-refractivity contribution < 1.29 is 17.9 Å². The Bertz CT molecular complexity index is 1160. The van der Waals surface area contributed by atoms with Crippen molar-refractivity contribution in [1.29, 1.82) is 0 Å². The molecule has 2 aromatic heterocycles. The van der Waals surface area contributed by atoms with Gasteiger partial charge in [-0.1, -0.05) is 6.07 Å². The molecule has 1 aliphatic rings. The maximum atomic E-state index is 12.9. The minimum absolute atomic E-state index is 0.320. The lowest BCUT2D eigenvalue weighted by Gasteiger charge is -2.26. The zero-order valence-electron chi connectivity index (χ0n) is 19.7. The summed E-state index contributed by atoms with van der Waals surface area (Å²) in [6.07, 6.45) is -1.38. The van der Waals surface area contributed by atoms with Crippen LogP contribution in [0.15, 0.2) is 53.8 Å². The van der Waals surface area contributed by atoms with E-state index in [2.05, 4.69) is 41.0 Å². The Labute approximate surface area is 206 Å². The van der Waals surface area contributed by atoms with Crippen LogP contribution in [0.5, 0.6) is 0 Å². The molecule has 4 rings (SSSR count). The summed E-state index contributed by atoms with van der Waals surface area (Å²) in [6, 6.07) is 10.2. The molecule has 1 aromatic carbocycles. The molecule has 0 radical (unpaired) electrons. The molecule has 0 saturated carbocycles. The molecule has 3 aromatic rings. The quantitative estimate of drug-likeness (QED) is 0.298. The van der Waals surface area contributed by atoms with Gasteiger partial charge in [0.25, 0.3) is 0 Å². The fraction of sp³-hybridized carbons (Fsp3) is 0.333. The van der Waals surface area contributed by atoms with Gasteiger partial charge in [-0.15, -0.1) is 0 Å². The van der Waals surface area contributed by atoms with E-state index in [1.54, 1.807) is 18.2 Å². The van der Waals surface area contributed by atoms with E-state index < -0.39 is 11.7 Å². The second kappa shape index (κ2) is 11.8. The maximum Gasteiger partial charge on any atom is 0.416 e. The average molecular weight is 501 g/mol. The predicted molar refractivity (Wildman–Crippen MR) is 133 cm³/mol. The smallest absolute Gasteiger partial charge is 0.379 e. The normalized spacial score (nSPS) is 14.7. The zero-order chi connectivity index (χ0) is 25.4. The van der Waals surface area contributed by atoms with E-state index in [1.165, 1.54) is 18.5 Å². The number of alkyl halides is 3. The van der Waals surface area contributed by atoms with Crippen molar-refractivity contribution in [3.8, 4) is 0 Å². The summed E-state index contributed by atoms with van der Waals surface area (Å²) >= 11 is 0. The van der Waals surface area contributed by atoms with Crippen molar-refractivity contribution >= 4 is 29.4 Å². The number of pyridine rings is 1. The SMILES string of the molecule is Cc1cc(NCCN2CCOCC2)nc(N/N=C/c2ccc(Nc3cccc(C(F)(F)F)c3)cn2)n1. The second-order valence-corrected chi connectivity index (χ2v) is 8.14. The van der Waals surface area contributed by atoms with E-state index in [0.29, 0.717) is 28.8 Å². The molecule has 0 bridgehead atoms. The van der Waals surface area contributed by atoms with Gasteiger partial charge < -0.3 is 15.4 Å². The lowest BCUT2D eigenvalue weighted by atomic mass is 10.2. The van der Waals surface area contributed by atoms with E-state index >= 15 is 0 Å². The number of hydrogen-bond acceptors (Lipinski definition) is 9. The first-order valence-electron chi connectivity index (χ1n) is 11.4. The Morgan fingerprint density at radius 3 is 2.67 bits per heavy atom. The van der Waals surface area contributed by atoms with Crippen LogP contribution in [0.1, 0.15) is 17.0 Å². The molecule has 0 unspecified atom stereocenters. The molecular formula is C24H27F3N8O. The summed E-state index contributed by atoms with van der Waals surface area (Å²) in [7, 11) is 0. The number of halogens is 3. The van der Waals surface area contributed by atoms with Gasteiger partial charge in [0.05, 0.1) is 42.6 Å². The van der Waals surface area contributed by atoms with Crippen molar-refractivity contribution in [2.24, 2.45) is 5.10 Å². The van der Waals surface area contributed by atoms with Crippen molar-refractivity contribution in [3.05, 3.63) is 65.6 Å². The standard InChI is InChI=1S/C24H27F3N8O/c1-17-13-22(28-7-8-35-9-11-36-12-10-35)33-23(31-17)34-30-16-20-5-6-21(15-29-20)32-19-4-2-3-18(14-19)24(25,26)27/h2-6,13-16,32H,7-12H2,1H3,(H2,28,31,33,34)/b30-16+. The number of aromatic nitrogens is 3. The van der Waals surface area contributed by atoms with Gasteiger partial charge in [-0.05, 0) is 37.3 Å². The van der Waals surface area contributed by atoms with E-state index in [0.717, 1.165) is 57.2 Å². The average Bonchev–Trinajstić information content (AvgIpc) is 2.85. The zero-order valence-corrected chi connectivity index (χ0v) is 19.7. The van der Waals surface area contributed by atoms with E-state index in [-0.39, 0.29) is 0 Å². The molecule has 190 valence electrons. The van der Waals surface area contributed by atoms with Crippen molar-refractivity contribution in [2.45, 2.75) is 13.1 Å². The van der Waals surface area contributed by atoms with Crippen LogP contribution in [0.4, 0.5) is 36.3 Å². The van der Waals surface area contributed by atoms with Gasteiger partial charge in [0.2, 0.25) is 5.95 Å². The molecule has 0 amide bonds. The number of aryl methyl sites for hydroxylation is 1. The number of benzene rings is 1. The molecule has 0 aliphatic carbocycles. The summed E-state index contributed by atoms with van der Waals surface area (Å²) in [5.74, 6) is 1.06. The molecule has 1 saturated heterocycles. The molecule has 3 N–H and O–H groups in total. The number of morpholine rings is 1. The van der Waals surface area contributed by atoms with Crippen LogP contribution in [0, 0.1) is 6.92 Å². The molecule has 0 atom stereocenters. The number of hydrazone groups is 1. The predicted octanol–water partition coefficient (Wildman–Crippen LogP) is 4.13. The van der Waals surface area contributed by atoms with Crippen LogP contribution in [-0.4, -0.2) is 65.5 Å². The highest BCUT2D eigenvalue weighted by Gasteiger charge is 2.30. The molecule has 36 heavy (non-hydrogen) atoms. The van der Waals surface area contributed by atoms with Crippen molar-refractivity contribution in [2.75, 3.05) is 55.5 Å². The van der Waals surface area contributed by atoms with Crippen LogP contribution >= 0.6 is 0 Å². The van der Waals surface area contributed by atoms with Crippen molar-refractivity contribution in [3.63, 3.8) is 0 Å². The number of ether oxygens (including phenoxy) is 1. The Kier molecular flexibility index (Phi) is 8.28. The first kappa shape index (κ1) is 25.3. The highest BCUT2D eigenvalue weighted by molar-refractivity contribution is 5.78. The minimum Gasteiger partial charge on any atom is -0.379 e. The Hall–Kier alpha value is -3.77. The van der Waals surface area contributed by atoms with Gasteiger partial charge in [0.1, 0.15) is 5.82 Å². The van der Waals surface area contributed by atoms with E-state index in [4.69, 9.17) is 4.74 Å². The molecule has 1 aliphatic heterocycles. The minimum atomic E-state index is -4.40. The number of nitrogens with one attached hydrogen (secondary N) is 3. The monoisotopic (exact) mass is 500 g/mol.